The summed E-state index contributed by atoms with van der Waals surface area (Å²) >= 11 is 0. The predicted octanol–water partition coefficient (Wildman–Crippen LogP) is 1.85. The van der Waals surface area contributed by atoms with Gasteiger partial charge in [-0.2, -0.15) is 0 Å². The SMILES string of the molecule is CN(CCCN)C(=O)c1cc2ccccc2o1. The molecule has 0 saturated carbocycles. The lowest BCUT2D eigenvalue weighted by atomic mass is 10.2. The first-order valence-corrected chi connectivity index (χ1v) is 5.66. The number of fused-ring (bicyclic) bond motifs is 1. The molecule has 0 aliphatic rings. The van der Waals surface area contributed by atoms with Gasteiger partial charge < -0.3 is 15.1 Å². The molecule has 1 aromatic carbocycles. The summed E-state index contributed by atoms with van der Waals surface area (Å²) < 4.78 is 5.51. The fraction of sp³-hybridized carbons (Fsp3) is 0.308. The number of furan rings is 1. The van der Waals surface area contributed by atoms with Gasteiger partial charge in [-0.15, -0.1) is 0 Å². The number of hydrogen-bond acceptors (Lipinski definition) is 3. The number of carbonyl (C=O) groups is 1. The normalized spacial score (nSPS) is 10.7. The number of rotatable bonds is 4. The fourth-order valence-corrected chi connectivity index (χ4v) is 1.71. The molecule has 1 heterocycles. The second kappa shape index (κ2) is 5.01. The van der Waals surface area contributed by atoms with Crippen LogP contribution in [0.25, 0.3) is 11.0 Å². The molecule has 0 aliphatic heterocycles. The standard InChI is InChI=1S/C13H16N2O2/c1-15(8-4-7-14)13(16)12-9-10-5-2-3-6-11(10)17-12/h2-3,5-6,9H,4,7-8,14H2,1H3. The molecular weight excluding hydrogens is 216 g/mol. The molecule has 0 saturated heterocycles. The van der Waals surface area contributed by atoms with E-state index in [1.165, 1.54) is 0 Å². The number of amides is 1. The molecule has 2 rings (SSSR count). The van der Waals surface area contributed by atoms with E-state index in [0.717, 1.165) is 17.4 Å². The van der Waals surface area contributed by atoms with Crippen molar-refractivity contribution in [2.45, 2.75) is 6.42 Å². The van der Waals surface area contributed by atoms with Crippen LogP contribution in [-0.4, -0.2) is 30.9 Å². The van der Waals surface area contributed by atoms with Crippen molar-refractivity contribution in [2.75, 3.05) is 20.1 Å². The molecular formula is C13H16N2O2. The number of hydrogen-bond donors (Lipinski definition) is 1. The van der Waals surface area contributed by atoms with Gasteiger partial charge in [0.25, 0.3) is 5.91 Å². The van der Waals surface area contributed by atoms with Crippen molar-refractivity contribution in [2.24, 2.45) is 5.73 Å². The van der Waals surface area contributed by atoms with Gasteiger partial charge in [-0.25, -0.2) is 0 Å². The highest BCUT2D eigenvalue weighted by molar-refractivity contribution is 5.95. The highest BCUT2D eigenvalue weighted by atomic mass is 16.3. The highest BCUT2D eigenvalue weighted by Gasteiger charge is 2.15. The van der Waals surface area contributed by atoms with Gasteiger partial charge in [0.2, 0.25) is 0 Å². The van der Waals surface area contributed by atoms with E-state index in [2.05, 4.69) is 0 Å². The van der Waals surface area contributed by atoms with Crippen LogP contribution < -0.4 is 5.73 Å². The first kappa shape index (κ1) is 11.7. The predicted molar refractivity (Wildman–Crippen MR) is 66.8 cm³/mol. The Kier molecular flexibility index (Phi) is 3.44. The summed E-state index contributed by atoms with van der Waals surface area (Å²) in [5, 5.41) is 0.947. The van der Waals surface area contributed by atoms with E-state index in [-0.39, 0.29) is 5.91 Å². The van der Waals surface area contributed by atoms with Gasteiger partial charge >= 0.3 is 0 Å². The third kappa shape index (κ3) is 2.47. The Morgan fingerprint density at radius 2 is 2.18 bits per heavy atom. The third-order valence-electron chi connectivity index (χ3n) is 2.68. The van der Waals surface area contributed by atoms with Crippen LogP contribution in [0, 0.1) is 0 Å². The largest absolute Gasteiger partial charge is 0.451 e. The molecule has 1 aromatic heterocycles. The summed E-state index contributed by atoms with van der Waals surface area (Å²) in [5.74, 6) is 0.278. The molecule has 0 radical (unpaired) electrons. The minimum Gasteiger partial charge on any atom is -0.451 e. The summed E-state index contributed by atoms with van der Waals surface area (Å²) in [6, 6.07) is 9.36. The van der Waals surface area contributed by atoms with Crippen molar-refractivity contribution in [3.05, 3.63) is 36.1 Å². The Morgan fingerprint density at radius 3 is 2.88 bits per heavy atom. The van der Waals surface area contributed by atoms with Gasteiger partial charge in [0.05, 0.1) is 0 Å². The molecule has 2 N–H and O–H groups in total. The molecule has 17 heavy (non-hydrogen) atoms. The summed E-state index contributed by atoms with van der Waals surface area (Å²) in [5.41, 5.74) is 6.15. The van der Waals surface area contributed by atoms with Crippen molar-refractivity contribution in [3.8, 4) is 0 Å². The minimum atomic E-state index is -0.102. The van der Waals surface area contributed by atoms with Gasteiger partial charge in [-0.05, 0) is 25.1 Å². The average Bonchev–Trinajstić information content (AvgIpc) is 2.78. The summed E-state index contributed by atoms with van der Waals surface area (Å²) in [4.78, 5) is 13.6. The molecule has 90 valence electrons. The monoisotopic (exact) mass is 232 g/mol. The third-order valence-corrected chi connectivity index (χ3v) is 2.68. The smallest absolute Gasteiger partial charge is 0.289 e. The van der Waals surface area contributed by atoms with Gasteiger partial charge in [0.15, 0.2) is 5.76 Å². The molecule has 0 unspecified atom stereocenters. The molecule has 0 fully saturated rings. The maximum atomic E-state index is 12.0. The van der Waals surface area contributed by atoms with Gasteiger partial charge in [-0.3, -0.25) is 4.79 Å². The number of nitrogens with two attached hydrogens (primary N) is 1. The first-order chi connectivity index (χ1) is 8.22. The van der Waals surface area contributed by atoms with Gasteiger partial charge in [0.1, 0.15) is 5.58 Å². The quantitative estimate of drug-likeness (QED) is 0.875. The molecule has 0 aliphatic carbocycles. The molecule has 4 heteroatoms. The van der Waals surface area contributed by atoms with E-state index in [9.17, 15) is 4.79 Å². The molecule has 1 amide bonds. The van der Waals surface area contributed by atoms with E-state index < -0.39 is 0 Å². The molecule has 0 atom stereocenters. The second-order valence-corrected chi connectivity index (χ2v) is 4.02. The summed E-state index contributed by atoms with van der Waals surface area (Å²) in [7, 11) is 1.76. The van der Waals surface area contributed by atoms with Crippen molar-refractivity contribution in [3.63, 3.8) is 0 Å². The van der Waals surface area contributed by atoms with Crippen molar-refractivity contribution in [1.29, 1.82) is 0 Å². The minimum absolute atomic E-state index is 0.102. The molecule has 4 nitrogen and oxygen atoms in total. The summed E-state index contributed by atoms with van der Waals surface area (Å²) in [6.07, 6.45) is 0.794. The lowest BCUT2D eigenvalue weighted by molar-refractivity contribution is 0.0765. The summed E-state index contributed by atoms with van der Waals surface area (Å²) in [6.45, 7) is 1.23. The zero-order valence-electron chi connectivity index (χ0n) is 9.85. The van der Waals surface area contributed by atoms with Crippen molar-refractivity contribution in [1.82, 2.24) is 4.90 Å². The second-order valence-electron chi connectivity index (χ2n) is 4.02. The number of nitrogens with zero attached hydrogens (tertiary/aromatic N) is 1. The Labute approximate surface area is 100.0 Å². The lowest BCUT2D eigenvalue weighted by Gasteiger charge is -2.14. The van der Waals surface area contributed by atoms with Gasteiger partial charge in [-0.1, -0.05) is 18.2 Å². The van der Waals surface area contributed by atoms with Crippen LogP contribution in [0.2, 0.25) is 0 Å². The Balaban J connectivity index is 2.18. The fourth-order valence-electron chi connectivity index (χ4n) is 1.71. The maximum Gasteiger partial charge on any atom is 0.289 e. The van der Waals surface area contributed by atoms with Crippen LogP contribution in [0.4, 0.5) is 0 Å². The number of carbonyl (C=O) groups excluding carboxylic acids is 1. The molecule has 2 aromatic rings. The van der Waals surface area contributed by atoms with Gasteiger partial charge in [0, 0.05) is 19.0 Å². The van der Waals surface area contributed by atoms with Crippen LogP contribution in [0.3, 0.4) is 0 Å². The molecule has 0 bridgehead atoms. The van der Waals surface area contributed by atoms with E-state index in [4.69, 9.17) is 10.2 Å². The van der Waals surface area contributed by atoms with E-state index in [0.29, 0.717) is 18.8 Å². The Morgan fingerprint density at radius 1 is 1.41 bits per heavy atom. The zero-order chi connectivity index (χ0) is 12.3. The van der Waals surface area contributed by atoms with Crippen LogP contribution in [-0.2, 0) is 0 Å². The molecule has 0 spiro atoms. The Hall–Kier alpha value is -1.81. The number of benzene rings is 1. The first-order valence-electron chi connectivity index (χ1n) is 5.66. The lowest BCUT2D eigenvalue weighted by Crippen LogP contribution is -2.28. The Bertz CT molecular complexity index is 486. The maximum absolute atomic E-state index is 12.0. The zero-order valence-corrected chi connectivity index (χ0v) is 9.85. The highest BCUT2D eigenvalue weighted by Crippen LogP contribution is 2.19. The van der Waals surface area contributed by atoms with Crippen LogP contribution in [0.1, 0.15) is 17.0 Å². The van der Waals surface area contributed by atoms with Crippen molar-refractivity contribution < 1.29 is 9.21 Å². The van der Waals surface area contributed by atoms with E-state index >= 15 is 0 Å². The van der Waals surface area contributed by atoms with Crippen molar-refractivity contribution >= 4 is 16.9 Å². The van der Waals surface area contributed by atoms with Crippen LogP contribution in [0.15, 0.2) is 34.7 Å². The topological polar surface area (TPSA) is 59.5 Å². The van der Waals surface area contributed by atoms with Crippen LogP contribution in [0.5, 0.6) is 0 Å². The number of para-hydroxylation sites is 1. The van der Waals surface area contributed by atoms with Crippen LogP contribution >= 0.6 is 0 Å². The van der Waals surface area contributed by atoms with E-state index in [1.54, 1.807) is 18.0 Å². The average molecular weight is 232 g/mol. The van der Waals surface area contributed by atoms with E-state index in [1.807, 2.05) is 24.3 Å².